The molecule has 0 N–H and O–H groups in total. The summed E-state index contributed by atoms with van der Waals surface area (Å²) >= 11 is 0. The molecule has 1 aliphatic rings. The molecule has 1 saturated heterocycles. The summed E-state index contributed by atoms with van der Waals surface area (Å²) in [6.45, 7) is 2.36. The van der Waals surface area contributed by atoms with Gasteiger partial charge in [0.05, 0.1) is 4.90 Å². The number of nitrogens with zero attached hydrogens (tertiary/aromatic N) is 4. The number of aryl methyl sites for hydroxylation is 1. The van der Waals surface area contributed by atoms with Crippen LogP contribution in [-0.2, 0) is 10.0 Å². The minimum absolute atomic E-state index is 0.131. The summed E-state index contributed by atoms with van der Waals surface area (Å²) in [5.74, 6) is 0.384. The van der Waals surface area contributed by atoms with E-state index in [1.54, 1.807) is 13.3 Å². The minimum atomic E-state index is -3.63. The lowest BCUT2D eigenvalue weighted by Crippen LogP contribution is -2.39. The molecule has 0 atom stereocenters. The number of hydrogen-bond acceptors (Lipinski definition) is 4. The predicted molar refractivity (Wildman–Crippen MR) is 104 cm³/mol. The fourth-order valence-electron chi connectivity index (χ4n) is 3.59. The number of hydrogen-bond donors (Lipinski definition) is 0. The zero-order valence-electron chi connectivity index (χ0n) is 15.5. The van der Waals surface area contributed by atoms with E-state index < -0.39 is 15.8 Å². The van der Waals surface area contributed by atoms with Gasteiger partial charge in [0.25, 0.3) is 0 Å². The predicted octanol–water partition coefficient (Wildman–Crippen LogP) is 3.42. The third kappa shape index (κ3) is 3.45. The monoisotopic (exact) mass is 400 g/mol. The fourth-order valence-corrected chi connectivity index (χ4v) is 5.15. The second-order valence-corrected chi connectivity index (χ2v) is 8.91. The van der Waals surface area contributed by atoms with Crippen LogP contribution in [0.15, 0.2) is 59.8 Å². The van der Waals surface area contributed by atoms with Crippen molar-refractivity contribution < 1.29 is 12.8 Å². The molecule has 1 aromatic heterocycles. The van der Waals surface area contributed by atoms with Crippen molar-refractivity contribution >= 4 is 10.0 Å². The van der Waals surface area contributed by atoms with Crippen LogP contribution < -0.4 is 0 Å². The van der Waals surface area contributed by atoms with Crippen molar-refractivity contribution in [2.24, 2.45) is 0 Å². The van der Waals surface area contributed by atoms with E-state index in [0.29, 0.717) is 31.5 Å². The van der Waals surface area contributed by atoms with E-state index in [0.717, 1.165) is 11.4 Å². The SMILES string of the molecule is Cc1cc(S(=O)(=O)N2CCC(n3cnnc3-c3ccccc3)CC2)ccc1F. The van der Waals surface area contributed by atoms with Crippen LogP contribution in [0.3, 0.4) is 0 Å². The van der Waals surface area contributed by atoms with E-state index in [9.17, 15) is 12.8 Å². The molecule has 0 saturated carbocycles. The molecule has 1 fully saturated rings. The molecule has 0 amide bonds. The third-order valence-electron chi connectivity index (χ3n) is 5.19. The molecule has 2 aromatic carbocycles. The molecule has 0 aliphatic carbocycles. The Balaban J connectivity index is 1.51. The smallest absolute Gasteiger partial charge is 0.243 e. The zero-order valence-corrected chi connectivity index (χ0v) is 16.3. The van der Waals surface area contributed by atoms with Crippen LogP contribution in [0.25, 0.3) is 11.4 Å². The molecule has 6 nitrogen and oxygen atoms in total. The number of aromatic nitrogens is 3. The van der Waals surface area contributed by atoms with Gasteiger partial charge in [-0.2, -0.15) is 4.31 Å². The average molecular weight is 400 g/mol. The van der Waals surface area contributed by atoms with Crippen LogP contribution in [0.1, 0.15) is 24.4 Å². The topological polar surface area (TPSA) is 68.1 Å². The average Bonchev–Trinajstić information content (AvgIpc) is 3.20. The first-order valence-corrected chi connectivity index (χ1v) is 10.6. The molecule has 0 bridgehead atoms. The molecular formula is C20H21FN4O2S. The number of piperidine rings is 1. The summed E-state index contributed by atoms with van der Waals surface area (Å²) in [5.41, 5.74) is 1.31. The largest absolute Gasteiger partial charge is 0.310 e. The molecule has 2 heterocycles. The van der Waals surface area contributed by atoms with Gasteiger partial charge in [0, 0.05) is 24.7 Å². The number of benzene rings is 2. The van der Waals surface area contributed by atoms with E-state index in [4.69, 9.17) is 0 Å². The van der Waals surface area contributed by atoms with Crippen LogP contribution in [-0.4, -0.2) is 40.6 Å². The number of halogens is 1. The van der Waals surface area contributed by atoms with Crippen LogP contribution in [0.5, 0.6) is 0 Å². The van der Waals surface area contributed by atoms with Gasteiger partial charge in [-0.25, -0.2) is 12.8 Å². The van der Waals surface area contributed by atoms with Gasteiger partial charge in [-0.3, -0.25) is 0 Å². The zero-order chi connectivity index (χ0) is 19.7. The maximum Gasteiger partial charge on any atom is 0.243 e. The molecule has 0 spiro atoms. The van der Waals surface area contributed by atoms with E-state index >= 15 is 0 Å². The van der Waals surface area contributed by atoms with Crippen molar-refractivity contribution in [1.82, 2.24) is 19.1 Å². The summed E-state index contributed by atoms with van der Waals surface area (Å²) in [4.78, 5) is 0.138. The van der Waals surface area contributed by atoms with Crippen molar-refractivity contribution in [3.8, 4) is 11.4 Å². The molecule has 1 aliphatic heterocycles. The standard InChI is InChI=1S/C20H21FN4O2S/c1-15-13-18(7-8-19(15)21)28(26,27)24-11-9-17(10-12-24)25-14-22-23-20(25)16-5-3-2-4-6-16/h2-8,13-14,17H,9-12H2,1H3. The Labute approximate surface area is 163 Å². The van der Waals surface area contributed by atoms with Crippen LogP contribution in [0, 0.1) is 12.7 Å². The summed E-state index contributed by atoms with van der Waals surface area (Å²) < 4.78 is 42.8. The Kier molecular flexibility index (Phi) is 4.99. The second-order valence-electron chi connectivity index (χ2n) is 6.97. The van der Waals surface area contributed by atoms with Gasteiger partial charge in [0.2, 0.25) is 10.0 Å². The lowest BCUT2D eigenvalue weighted by atomic mass is 10.1. The van der Waals surface area contributed by atoms with Crippen LogP contribution >= 0.6 is 0 Å². The third-order valence-corrected chi connectivity index (χ3v) is 7.08. The fraction of sp³-hybridized carbons (Fsp3) is 0.300. The van der Waals surface area contributed by atoms with Gasteiger partial charge in [-0.05, 0) is 43.5 Å². The first-order chi connectivity index (χ1) is 13.5. The normalized spacial score (nSPS) is 16.4. The molecule has 28 heavy (non-hydrogen) atoms. The Morgan fingerprint density at radius 2 is 1.79 bits per heavy atom. The van der Waals surface area contributed by atoms with Gasteiger partial charge in [0.1, 0.15) is 12.1 Å². The molecule has 0 radical (unpaired) electrons. The van der Waals surface area contributed by atoms with Gasteiger partial charge >= 0.3 is 0 Å². The Morgan fingerprint density at radius 3 is 2.46 bits per heavy atom. The maximum absolute atomic E-state index is 13.5. The van der Waals surface area contributed by atoms with Crippen LogP contribution in [0.4, 0.5) is 4.39 Å². The maximum atomic E-state index is 13.5. The molecule has 146 valence electrons. The van der Waals surface area contributed by atoms with Crippen molar-refractivity contribution in [3.63, 3.8) is 0 Å². The summed E-state index contributed by atoms with van der Waals surface area (Å²) in [6.07, 6.45) is 3.04. The minimum Gasteiger partial charge on any atom is -0.310 e. The number of rotatable bonds is 4. The summed E-state index contributed by atoms with van der Waals surface area (Å²) in [7, 11) is -3.63. The first-order valence-electron chi connectivity index (χ1n) is 9.18. The molecule has 8 heteroatoms. The van der Waals surface area contributed by atoms with Crippen molar-refractivity contribution in [2.75, 3.05) is 13.1 Å². The second kappa shape index (κ2) is 7.44. The Bertz CT molecular complexity index is 1070. The Hall–Kier alpha value is -2.58. The molecule has 0 unspecified atom stereocenters. The molecule has 3 aromatic rings. The van der Waals surface area contributed by atoms with E-state index in [2.05, 4.69) is 10.2 Å². The van der Waals surface area contributed by atoms with E-state index in [1.165, 1.54) is 22.5 Å². The lowest BCUT2D eigenvalue weighted by Gasteiger charge is -2.32. The highest BCUT2D eigenvalue weighted by molar-refractivity contribution is 7.89. The molecule has 4 rings (SSSR count). The van der Waals surface area contributed by atoms with E-state index in [-0.39, 0.29) is 10.9 Å². The summed E-state index contributed by atoms with van der Waals surface area (Å²) in [6, 6.07) is 13.9. The van der Waals surface area contributed by atoms with Crippen molar-refractivity contribution in [2.45, 2.75) is 30.7 Å². The molecular weight excluding hydrogens is 379 g/mol. The summed E-state index contributed by atoms with van der Waals surface area (Å²) in [5, 5.41) is 8.29. The highest BCUT2D eigenvalue weighted by Crippen LogP contribution is 2.30. The van der Waals surface area contributed by atoms with Crippen molar-refractivity contribution in [1.29, 1.82) is 0 Å². The lowest BCUT2D eigenvalue weighted by molar-refractivity contribution is 0.275. The first kappa shape index (κ1) is 18.8. The Morgan fingerprint density at radius 1 is 1.07 bits per heavy atom. The highest BCUT2D eigenvalue weighted by Gasteiger charge is 2.31. The van der Waals surface area contributed by atoms with Gasteiger partial charge in [-0.15, -0.1) is 10.2 Å². The van der Waals surface area contributed by atoms with Crippen molar-refractivity contribution in [3.05, 3.63) is 66.2 Å². The number of sulfonamides is 1. The van der Waals surface area contributed by atoms with E-state index in [1.807, 2.05) is 34.9 Å². The van der Waals surface area contributed by atoms with Crippen LogP contribution in [0.2, 0.25) is 0 Å². The van der Waals surface area contributed by atoms with Gasteiger partial charge in [0.15, 0.2) is 5.82 Å². The van der Waals surface area contributed by atoms with Gasteiger partial charge in [-0.1, -0.05) is 30.3 Å². The highest BCUT2D eigenvalue weighted by atomic mass is 32.2. The quantitative estimate of drug-likeness (QED) is 0.673. The van der Waals surface area contributed by atoms with Gasteiger partial charge < -0.3 is 4.57 Å².